The van der Waals surface area contributed by atoms with E-state index in [0.29, 0.717) is 17.0 Å². The van der Waals surface area contributed by atoms with Gasteiger partial charge in [-0.25, -0.2) is 13.8 Å². The third kappa shape index (κ3) is 5.71. The van der Waals surface area contributed by atoms with Crippen LogP contribution in [0, 0.1) is 5.82 Å². The monoisotopic (exact) mass is 598 g/mol. The number of rotatable bonds is 8. The van der Waals surface area contributed by atoms with Crippen LogP contribution in [0.5, 0.6) is 0 Å². The fourth-order valence-corrected chi connectivity index (χ4v) is 6.88. The molecular formula is C28H31FN6O6S. The Morgan fingerprint density at radius 2 is 1.67 bits per heavy atom. The molecule has 2 aliphatic heterocycles. The second-order valence-corrected chi connectivity index (χ2v) is 11.6. The molecule has 2 aliphatic rings. The lowest BCUT2D eigenvalue weighted by atomic mass is 9.97. The van der Waals surface area contributed by atoms with Crippen LogP contribution in [0.4, 0.5) is 4.39 Å². The second-order valence-electron chi connectivity index (χ2n) is 10.2. The summed E-state index contributed by atoms with van der Waals surface area (Å²) >= 11 is 1.29. The normalized spacial score (nSPS) is 29.9. The number of thioether (sulfide) groups is 1. The van der Waals surface area contributed by atoms with Crippen molar-refractivity contribution in [2.24, 2.45) is 0 Å². The number of methoxy groups -OCH3 is 1. The van der Waals surface area contributed by atoms with Crippen molar-refractivity contribution in [2.75, 3.05) is 26.9 Å². The molecule has 2 aromatic carbocycles. The van der Waals surface area contributed by atoms with Crippen LogP contribution in [-0.2, 0) is 14.2 Å². The summed E-state index contributed by atoms with van der Waals surface area (Å²) in [6, 6.07) is 14.3. The Labute approximate surface area is 245 Å². The van der Waals surface area contributed by atoms with Crippen LogP contribution >= 0.6 is 11.8 Å². The van der Waals surface area contributed by atoms with Gasteiger partial charge >= 0.3 is 0 Å². The van der Waals surface area contributed by atoms with Crippen molar-refractivity contribution in [3.8, 4) is 22.5 Å². The van der Waals surface area contributed by atoms with E-state index in [1.54, 1.807) is 29.2 Å². The molecule has 42 heavy (non-hydrogen) atoms. The van der Waals surface area contributed by atoms with Crippen LogP contribution in [0.3, 0.4) is 0 Å². The summed E-state index contributed by atoms with van der Waals surface area (Å²) in [6.07, 6.45) is -0.395. The Bertz CT molecular complexity index is 1480. The van der Waals surface area contributed by atoms with Crippen LogP contribution in [0.15, 0.2) is 67.0 Å². The topological polar surface area (TPSA) is 150 Å². The van der Waals surface area contributed by atoms with Gasteiger partial charge in [0, 0.05) is 18.2 Å². The summed E-state index contributed by atoms with van der Waals surface area (Å²) in [5.74, 6) is -0.409. The van der Waals surface area contributed by atoms with Gasteiger partial charge in [-0.2, -0.15) is 0 Å². The van der Waals surface area contributed by atoms with Gasteiger partial charge in [0.1, 0.15) is 53.0 Å². The van der Waals surface area contributed by atoms with Crippen molar-refractivity contribution in [1.29, 1.82) is 0 Å². The highest BCUT2D eigenvalue weighted by Gasteiger charge is 2.49. The Morgan fingerprint density at radius 3 is 2.40 bits per heavy atom. The van der Waals surface area contributed by atoms with E-state index in [2.05, 4.69) is 20.6 Å². The Kier molecular flexibility index (Phi) is 8.62. The predicted molar refractivity (Wildman–Crippen MR) is 150 cm³/mol. The van der Waals surface area contributed by atoms with E-state index < -0.39 is 59.6 Å². The molecule has 0 unspecified atom stereocenters. The molecule has 0 amide bonds. The Hall–Kier alpha value is -3.24. The molecule has 8 atom stereocenters. The molecule has 2 saturated heterocycles. The van der Waals surface area contributed by atoms with Crippen molar-refractivity contribution >= 4 is 11.8 Å². The number of aromatic nitrogens is 6. The minimum atomic E-state index is -1.19. The number of aliphatic hydroxyl groups excluding tert-OH is 3. The molecule has 2 fully saturated rings. The average molecular weight is 599 g/mol. The van der Waals surface area contributed by atoms with Gasteiger partial charge in [0.2, 0.25) is 0 Å². The van der Waals surface area contributed by atoms with Gasteiger partial charge in [-0.1, -0.05) is 52.9 Å². The fraction of sp³-hybridized carbons (Fsp3) is 0.429. The van der Waals surface area contributed by atoms with Crippen LogP contribution < -0.4 is 0 Å². The maximum absolute atomic E-state index is 13.8. The molecule has 0 saturated carbocycles. The zero-order valence-corrected chi connectivity index (χ0v) is 23.4. The van der Waals surface area contributed by atoms with Crippen molar-refractivity contribution in [3.63, 3.8) is 0 Å². The fourth-order valence-electron chi connectivity index (χ4n) is 5.38. The molecule has 2 aromatic heterocycles. The van der Waals surface area contributed by atoms with Crippen molar-refractivity contribution < 1.29 is 33.9 Å². The van der Waals surface area contributed by atoms with Crippen LogP contribution in [0.1, 0.15) is 12.1 Å². The summed E-state index contributed by atoms with van der Waals surface area (Å²) in [4.78, 5) is 0. The largest absolute Gasteiger partial charge is 0.394 e. The molecule has 3 N–H and O–H groups in total. The maximum atomic E-state index is 13.8. The highest BCUT2D eigenvalue weighted by atomic mass is 32.2. The number of hydrogen-bond acceptors (Lipinski definition) is 11. The number of ether oxygens (including phenoxy) is 3. The Balaban J connectivity index is 1.22. The third-order valence-electron chi connectivity index (χ3n) is 7.61. The van der Waals surface area contributed by atoms with Crippen molar-refractivity contribution in [3.05, 3.63) is 72.8 Å². The van der Waals surface area contributed by atoms with E-state index in [4.69, 9.17) is 14.2 Å². The molecular weight excluding hydrogens is 567 g/mol. The molecule has 222 valence electrons. The first-order valence-electron chi connectivity index (χ1n) is 13.5. The summed E-state index contributed by atoms with van der Waals surface area (Å²) in [7, 11) is 1.49. The lowest BCUT2D eigenvalue weighted by Crippen LogP contribution is -2.56. The van der Waals surface area contributed by atoms with Gasteiger partial charge in [0.15, 0.2) is 0 Å². The number of nitrogens with zero attached hydrogens (tertiary/aromatic N) is 6. The van der Waals surface area contributed by atoms with Gasteiger partial charge < -0.3 is 29.5 Å². The summed E-state index contributed by atoms with van der Waals surface area (Å²) in [6.45, 7) is 0.0323. The van der Waals surface area contributed by atoms with Gasteiger partial charge in [-0.05, 0) is 12.1 Å². The maximum Gasteiger partial charge on any atom is 0.132 e. The zero-order chi connectivity index (χ0) is 29.2. The molecule has 0 aliphatic carbocycles. The second kappa shape index (κ2) is 12.6. The van der Waals surface area contributed by atoms with Crippen LogP contribution in [0.25, 0.3) is 22.5 Å². The molecule has 0 bridgehead atoms. The van der Waals surface area contributed by atoms with Crippen molar-refractivity contribution in [2.45, 2.75) is 47.2 Å². The van der Waals surface area contributed by atoms with Crippen LogP contribution in [-0.4, -0.2) is 107 Å². The average Bonchev–Trinajstić information content (AvgIpc) is 3.70. The highest BCUT2D eigenvalue weighted by Crippen LogP contribution is 2.41. The van der Waals surface area contributed by atoms with E-state index in [9.17, 15) is 19.7 Å². The molecule has 4 heterocycles. The van der Waals surface area contributed by atoms with Gasteiger partial charge in [-0.15, -0.1) is 22.0 Å². The first-order chi connectivity index (χ1) is 20.5. The SMILES string of the molecule is CO[C@@H]1[C@@H](n2cc(-c3cccc(F)c3)nn2)[C@@H](O)[C@@H](CO)O[C@H]1S[C@@H]1COC[C@H](n2cc(-c3ccccc3)nn2)[C@H]1O. The molecule has 6 rings (SSSR count). The molecule has 0 spiro atoms. The zero-order valence-electron chi connectivity index (χ0n) is 22.6. The highest BCUT2D eigenvalue weighted by molar-refractivity contribution is 8.00. The molecule has 14 heteroatoms. The number of aliphatic hydroxyl groups is 3. The quantitative estimate of drug-likeness (QED) is 0.272. The molecule has 12 nitrogen and oxygen atoms in total. The van der Waals surface area contributed by atoms with E-state index >= 15 is 0 Å². The van der Waals surface area contributed by atoms with Crippen molar-refractivity contribution in [1.82, 2.24) is 30.0 Å². The number of hydrogen-bond donors (Lipinski definition) is 3. The van der Waals surface area contributed by atoms with E-state index in [1.165, 1.54) is 35.7 Å². The van der Waals surface area contributed by atoms with Gasteiger partial charge in [0.25, 0.3) is 0 Å². The molecule has 4 aromatic rings. The first-order valence-corrected chi connectivity index (χ1v) is 14.4. The number of benzene rings is 2. The Morgan fingerprint density at radius 1 is 0.952 bits per heavy atom. The van der Waals surface area contributed by atoms with Gasteiger partial charge in [-0.3, -0.25) is 0 Å². The van der Waals surface area contributed by atoms with Crippen LogP contribution in [0.2, 0.25) is 0 Å². The van der Waals surface area contributed by atoms with E-state index in [0.717, 1.165) is 5.56 Å². The number of halogens is 1. The van der Waals surface area contributed by atoms with E-state index in [1.807, 2.05) is 30.3 Å². The van der Waals surface area contributed by atoms with Gasteiger partial charge in [0.05, 0.1) is 43.6 Å². The smallest absolute Gasteiger partial charge is 0.132 e. The summed E-state index contributed by atoms with van der Waals surface area (Å²) in [5, 5.41) is 49.1. The predicted octanol–water partition coefficient (Wildman–Crippen LogP) is 1.71. The lowest BCUT2D eigenvalue weighted by Gasteiger charge is -2.45. The third-order valence-corrected chi connectivity index (χ3v) is 9.02. The standard InChI is InChI=1S/C28H31FN6O6S/c1-39-27-24(35-12-20(31-33-35)17-8-5-9-18(29)10-17)26(38)22(13-36)41-28(27)42-23-15-40-14-21(25(23)37)34-11-19(30-32-34)16-6-3-2-4-7-16/h2-12,21-28,36-38H,13-15H2,1H3/t21-,22+,23+,24-,25+,26-,27+,28-/m0/s1. The first kappa shape index (κ1) is 28.9. The minimum absolute atomic E-state index is 0.239. The lowest BCUT2D eigenvalue weighted by molar-refractivity contribution is -0.186. The molecule has 0 radical (unpaired) electrons. The summed E-state index contributed by atoms with van der Waals surface area (Å²) in [5.41, 5.74) is 1.81. The van der Waals surface area contributed by atoms with E-state index in [-0.39, 0.29) is 13.2 Å². The summed E-state index contributed by atoms with van der Waals surface area (Å²) < 4.78 is 34.7. The minimum Gasteiger partial charge on any atom is -0.394 e.